The van der Waals surface area contributed by atoms with Gasteiger partial charge in [0, 0.05) is 6.42 Å². The molecule has 4 aromatic rings. The van der Waals surface area contributed by atoms with Crippen molar-refractivity contribution in [3.05, 3.63) is 108 Å². The quantitative estimate of drug-likeness (QED) is 0.467. The molecule has 0 bridgehead atoms. The normalized spacial score (nSPS) is 17.2. The summed E-state index contributed by atoms with van der Waals surface area (Å²) in [5.74, 6) is -0.267. The Morgan fingerprint density at radius 2 is 1.63 bits per heavy atom. The zero-order chi connectivity index (χ0) is 23.8. The van der Waals surface area contributed by atoms with E-state index in [9.17, 15) is 9.59 Å². The minimum Gasteiger partial charge on any atom is -0.351 e. The van der Waals surface area contributed by atoms with Crippen molar-refractivity contribution < 1.29 is 9.59 Å². The molecule has 0 spiro atoms. The van der Waals surface area contributed by atoms with Gasteiger partial charge >= 0.3 is 0 Å². The summed E-state index contributed by atoms with van der Waals surface area (Å²) in [6, 6.07) is 31.9. The molecule has 0 saturated heterocycles. The summed E-state index contributed by atoms with van der Waals surface area (Å²) in [6.07, 6.45) is 0.630. The van der Waals surface area contributed by atoms with E-state index in [4.69, 9.17) is 5.10 Å². The number of carbonyl (C=O) groups excluding carboxylic acids is 2. The molecular weight excluding hydrogens is 436 g/mol. The number of benzene rings is 4. The number of hydrogen-bond acceptors (Lipinski definition) is 4. The molecule has 0 aromatic heterocycles. The smallest absolute Gasteiger partial charge is 0.262 e. The molecule has 172 valence electrons. The Bertz CT molecular complexity index is 1460. The van der Waals surface area contributed by atoms with Crippen LogP contribution in [0.5, 0.6) is 0 Å². The maximum absolute atomic E-state index is 13.6. The van der Waals surface area contributed by atoms with Crippen molar-refractivity contribution in [2.24, 2.45) is 5.10 Å². The van der Waals surface area contributed by atoms with Crippen LogP contribution in [0, 0.1) is 0 Å². The van der Waals surface area contributed by atoms with Crippen molar-refractivity contribution in [3.8, 4) is 0 Å². The molecule has 2 aliphatic rings. The lowest BCUT2D eigenvalue weighted by atomic mass is 9.97. The minimum atomic E-state index is -0.195. The minimum absolute atomic E-state index is 0.0717. The third-order valence-electron chi connectivity index (χ3n) is 6.61. The number of nitrogens with one attached hydrogen (secondary N) is 1. The van der Waals surface area contributed by atoms with Crippen molar-refractivity contribution >= 4 is 39.7 Å². The van der Waals surface area contributed by atoms with Gasteiger partial charge in [-0.15, -0.1) is 0 Å². The van der Waals surface area contributed by atoms with Crippen LogP contribution in [0.4, 0.5) is 11.4 Å². The first kappa shape index (κ1) is 21.1. The van der Waals surface area contributed by atoms with Gasteiger partial charge < -0.3 is 10.2 Å². The molecule has 0 fully saturated rings. The predicted molar refractivity (Wildman–Crippen MR) is 138 cm³/mol. The zero-order valence-corrected chi connectivity index (χ0v) is 19.1. The highest BCUT2D eigenvalue weighted by atomic mass is 16.2. The topological polar surface area (TPSA) is 65.0 Å². The van der Waals surface area contributed by atoms with Gasteiger partial charge in [0.25, 0.3) is 5.91 Å². The Balaban J connectivity index is 1.33. The standard InChI is InChI=1S/C29H24N4O2/c34-28-18-32(26-13-7-6-12-24(26)30-28)19-29(35)33-27(21-9-2-1-3-10-21)17-25(31-33)23-15-14-20-8-4-5-11-22(20)16-23/h1-16,27H,17-19H2,(H,30,34)/t27-/m1/s1. The lowest BCUT2D eigenvalue weighted by Crippen LogP contribution is -2.44. The molecule has 1 atom stereocenters. The number of carbonyl (C=O) groups is 2. The third-order valence-corrected chi connectivity index (χ3v) is 6.61. The van der Waals surface area contributed by atoms with Gasteiger partial charge in [-0.3, -0.25) is 9.59 Å². The average molecular weight is 461 g/mol. The summed E-state index contributed by atoms with van der Waals surface area (Å²) >= 11 is 0. The molecule has 0 unspecified atom stereocenters. The van der Waals surface area contributed by atoms with Crippen molar-refractivity contribution in [2.75, 3.05) is 23.3 Å². The molecule has 1 N–H and O–H groups in total. The second-order valence-electron chi connectivity index (χ2n) is 8.90. The Labute approximate surface area is 203 Å². The first-order valence-electron chi connectivity index (χ1n) is 11.7. The number of rotatable bonds is 4. The van der Waals surface area contributed by atoms with Gasteiger partial charge in [-0.25, -0.2) is 5.01 Å². The molecular formula is C29H24N4O2. The Morgan fingerprint density at radius 1 is 0.886 bits per heavy atom. The lowest BCUT2D eigenvalue weighted by Gasteiger charge is -2.32. The van der Waals surface area contributed by atoms with Crippen molar-refractivity contribution in [3.63, 3.8) is 0 Å². The highest BCUT2D eigenvalue weighted by Gasteiger charge is 2.35. The number of para-hydroxylation sites is 2. The van der Waals surface area contributed by atoms with E-state index < -0.39 is 0 Å². The van der Waals surface area contributed by atoms with Crippen molar-refractivity contribution in [2.45, 2.75) is 12.5 Å². The number of hydrazone groups is 1. The van der Waals surface area contributed by atoms with Gasteiger partial charge in [-0.1, -0.05) is 78.9 Å². The molecule has 6 nitrogen and oxygen atoms in total. The summed E-state index contributed by atoms with van der Waals surface area (Å²) < 4.78 is 0. The second kappa shape index (κ2) is 8.72. The number of hydrogen-bond donors (Lipinski definition) is 1. The third kappa shape index (κ3) is 4.04. The van der Waals surface area contributed by atoms with Gasteiger partial charge in [-0.2, -0.15) is 5.10 Å². The van der Waals surface area contributed by atoms with E-state index in [1.807, 2.05) is 71.6 Å². The molecule has 2 aliphatic heterocycles. The summed E-state index contributed by atoms with van der Waals surface area (Å²) in [4.78, 5) is 27.7. The van der Waals surface area contributed by atoms with Gasteiger partial charge in [0.15, 0.2) is 0 Å². The summed E-state index contributed by atoms with van der Waals surface area (Å²) in [5, 5.41) is 11.6. The largest absolute Gasteiger partial charge is 0.351 e. The van der Waals surface area contributed by atoms with Crippen LogP contribution in [0.1, 0.15) is 23.6 Å². The SMILES string of the molecule is O=C1CN(CC(=O)N2N=C(c3ccc4ccccc4c3)C[C@@H]2c2ccccc2)c2ccccc2N1. The first-order valence-corrected chi connectivity index (χ1v) is 11.7. The van der Waals surface area contributed by atoms with E-state index in [-0.39, 0.29) is 30.9 Å². The van der Waals surface area contributed by atoms with E-state index in [1.54, 1.807) is 5.01 Å². The molecule has 35 heavy (non-hydrogen) atoms. The van der Waals surface area contributed by atoms with Gasteiger partial charge in [0.2, 0.25) is 5.91 Å². The van der Waals surface area contributed by atoms with E-state index in [0.29, 0.717) is 6.42 Å². The van der Waals surface area contributed by atoms with Crippen LogP contribution in [0.15, 0.2) is 102 Å². The Kier molecular flexibility index (Phi) is 5.26. The second-order valence-corrected chi connectivity index (χ2v) is 8.90. The maximum atomic E-state index is 13.6. The number of anilines is 2. The highest BCUT2D eigenvalue weighted by Crippen LogP contribution is 2.34. The average Bonchev–Trinajstić information content (AvgIpc) is 3.35. The molecule has 4 aromatic carbocycles. The number of nitrogens with zero attached hydrogens (tertiary/aromatic N) is 3. The fraction of sp³-hybridized carbons (Fsp3) is 0.138. The van der Waals surface area contributed by atoms with Crippen LogP contribution < -0.4 is 10.2 Å². The van der Waals surface area contributed by atoms with E-state index >= 15 is 0 Å². The molecule has 6 rings (SSSR count). The van der Waals surface area contributed by atoms with Crippen LogP contribution in [-0.2, 0) is 9.59 Å². The fourth-order valence-electron chi connectivity index (χ4n) is 4.90. The molecule has 2 amide bonds. The molecule has 0 aliphatic carbocycles. The van der Waals surface area contributed by atoms with Gasteiger partial charge in [0.1, 0.15) is 0 Å². The van der Waals surface area contributed by atoms with Crippen LogP contribution in [0.3, 0.4) is 0 Å². The van der Waals surface area contributed by atoms with Crippen LogP contribution in [0.25, 0.3) is 10.8 Å². The van der Waals surface area contributed by atoms with E-state index in [0.717, 1.165) is 33.6 Å². The number of amides is 2. The lowest BCUT2D eigenvalue weighted by molar-refractivity contribution is -0.131. The van der Waals surface area contributed by atoms with E-state index in [2.05, 4.69) is 35.6 Å². The Morgan fingerprint density at radius 3 is 2.49 bits per heavy atom. The van der Waals surface area contributed by atoms with E-state index in [1.165, 1.54) is 5.39 Å². The maximum Gasteiger partial charge on any atom is 0.262 e. The summed E-state index contributed by atoms with van der Waals surface area (Å²) in [5.41, 5.74) is 4.50. The van der Waals surface area contributed by atoms with Gasteiger partial charge in [0.05, 0.1) is 36.2 Å². The summed E-state index contributed by atoms with van der Waals surface area (Å²) in [7, 11) is 0. The monoisotopic (exact) mass is 460 g/mol. The van der Waals surface area contributed by atoms with Crippen LogP contribution >= 0.6 is 0 Å². The number of fused-ring (bicyclic) bond motifs is 2. The molecule has 6 heteroatoms. The van der Waals surface area contributed by atoms with Crippen molar-refractivity contribution in [1.82, 2.24) is 5.01 Å². The Hall–Kier alpha value is -4.45. The van der Waals surface area contributed by atoms with Crippen molar-refractivity contribution in [1.29, 1.82) is 0 Å². The highest BCUT2D eigenvalue weighted by molar-refractivity contribution is 6.06. The van der Waals surface area contributed by atoms with Crippen LogP contribution in [0.2, 0.25) is 0 Å². The molecule has 0 radical (unpaired) electrons. The fourth-order valence-corrected chi connectivity index (χ4v) is 4.90. The zero-order valence-electron chi connectivity index (χ0n) is 19.1. The molecule has 0 saturated carbocycles. The summed E-state index contributed by atoms with van der Waals surface area (Å²) in [6.45, 7) is 0.204. The molecule has 2 heterocycles. The first-order chi connectivity index (χ1) is 17.2. The van der Waals surface area contributed by atoms with Crippen LogP contribution in [-0.4, -0.2) is 35.6 Å². The predicted octanol–water partition coefficient (Wildman–Crippen LogP) is 4.98. The van der Waals surface area contributed by atoms with Gasteiger partial charge in [-0.05, 0) is 40.1 Å².